The second-order valence-corrected chi connectivity index (χ2v) is 9.13. The molecule has 1 amide bonds. The van der Waals surface area contributed by atoms with Crippen molar-refractivity contribution in [2.75, 3.05) is 13.7 Å². The second kappa shape index (κ2) is 11.7. The average molecular weight is 529 g/mol. The van der Waals surface area contributed by atoms with Crippen LogP contribution in [0.5, 0.6) is 11.5 Å². The van der Waals surface area contributed by atoms with Crippen LogP contribution in [0.4, 0.5) is 4.79 Å². The van der Waals surface area contributed by atoms with Crippen LogP contribution in [0.25, 0.3) is 11.5 Å². The van der Waals surface area contributed by atoms with Crippen LogP contribution in [-0.2, 0) is 35.5 Å². The monoisotopic (exact) mass is 528 g/mol. The van der Waals surface area contributed by atoms with E-state index in [0.717, 1.165) is 27.9 Å². The highest BCUT2D eigenvalue weighted by atomic mass is 16.6. The van der Waals surface area contributed by atoms with Crippen molar-refractivity contribution in [3.8, 4) is 23.0 Å². The van der Waals surface area contributed by atoms with E-state index in [1.54, 1.807) is 37.6 Å². The molecule has 200 valence electrons. The van der Waals surface area contributed by atoms with Gasteiger partial charge in [-0.05, 0) is 53.1 Å². The lowest BCUT2D eigenvalue weighted by atomic mass is 9.94. The number of carbonyl (C=O) groups is 2. The Hall–Kier alpha value is -4.79. The van der Waals surface area contributed by atoms with E-state index in [2.05, 4.69) is 4.98 Å². The maximum atomic E-state index is 12.9. The van der Waals surface area contributed by atoms with Gasteiger partial charge in [-0.3, -0.25) is 4.90 Å². The summed E-state index contributed by atoms with van der Waals surface area (Å²) in [5, 5.41) is 9.78. The fourth-order valence-corrected chi connectivity index (χ4v) is 4.42. The Morgan fingerprint density at radius 3 is 2.54 bits per heavy atom. The van der Waals surface area contributed by atoms with E-state index in [9.17, 15) is 14.7 Å². The molecule has 0 bridgehead atoms. The van der Waals surface area contributed by atoms with E-state index in [1.807, 2.05) is 48.5 Å². The number of aliphatic carboxylic acids is 1. The fraction of sp³-hybridized carbons (Fsp3) is 0.233. The highest BCUT2D eigenvalue weighted by Crippen LogP contribution is 2.28. The average Bonchev–Trinajstić information content (AvgIpc) is 3.45. The lowest BCUT2D eigenvalue weighted by Crippen LogP contribution is -2.48. The zero-order valence-electron chi connectivity index (χ0n) is 21.4. The second-order valence-electron chi connectivity index (χ2n) is 9.13. The third kappa shape index (κ3) is 6.20. The number of carboxylic acid groups (broad SMARTS) is 1. The summed E-state index contributed by atoms with van der Waals surface area (Å²) in [5.41, 5.74) is 4.14. The molecule has 9 heteroatoms. The topological polar surface area (TPSA) is 111 Å². The van der Waals surface area contributed by atoms with Crippen molar-refractivity contribution in [3.05, 3.63) is 101 Å². The van der Waals surface area contributed by atoms with Crippen LogP contribution in [-0.4, -0.2) is 46.8 Å². The van der Waals surface area contributed by atoms with Gasteiger partial charge in [0.15, 0.2) is 0 Å². The summed E-state index contributed by atoms with van der Waals surface area (Å²) in [4.78, 5) is 30.6. The molecule has 1 N–H and O–H groups in total. The lowest BCUT2D eigenvalue weighted by Gasteiger charge is -2.33. The minimum Gasteiger partial charge on any atom is -0.497 e. The zero-order chi connectivity index (χ0) is 27.2. The van der Waals surface area contributed by atoms with Gasteiger partial charge in [-0.1, -0.05) is 36.4 Å². The number of amides is 1. The quantitative estimate of drug-likeness (QED) is 0.319. The van der Waals surface area contributed by atoms with E-state index in [-0.39, 0.29) is 19.6 Å². The molecule has 0 radical (unpaired) electrons. The standard InChI is InChI=1S/C30H28N2O7/c1-36-25-10-7-20(8-11-25)18-39-30(35)32-17-23-15-26(12-9-22(23)16-27(32)29(33)34)37-14-13-24-19-38-28(31-24)21-5-3-2-4-6-21/h2-12,15,19,27H,13-14,16-18H2,1H3,(H,33,34). The van der Waals surface area contributed by atoms with Gasteiger partial charge in [0.05, 0.1) is 26.0 Å². The van der Waals surface area contributed by atoms with E-state index < -0.39 is 18.1 Å². The number of carbonyl (C=O) groups excluding carboxylic acids is 1. The summed E-state index contributed by atoms with van der Waals surface area (Å²) in [7, 11) is 1.57. The molecule has 4 aromatic rings. The number of rotatable bonds is 9. The summed E-state index contributed by atoms with van der Waals surface area (Å²) in [6, 6.07) is 21.3. The van der Waals surface area contributed by atoms with E-state index in [0.29, 0.717) is 30.4 Å². The first-order valence-electron chi connectivity index (χ1n) is 12.5. The maximum absolute atomic E-state index is 12.9. The molecular weight excluding hydrogens is 500 g/mol. The van der Waals surface area contributed by atoms with Gasteiger partial charge in [-0.25, -0.2) is 14.6 Å². The first-order chi connectivity index (χ1) is 19.0. The summed E-state index contributed by atoms with van der Waals surface area (Å²) in [5.74, 6) is 0.802. The maximum Gasteiger partial charge on any atom is 0.411 e. The highest BCUT2D eigenvalue weighted by Gasteiger charge is 2.35. The van der Waals surface area contributed by atoms with Crippen molar-refractivity contribution in [1.29, 1.82) is 0 Å². The Kier molecular flexibility index (Phi) is 7.77. The number of hydrogen-bond acceptors (Lipinski definition) is 7. The van der Waals surface area contributed by atoms with Crippen molar-refractivity contribution in [3.63, 3.8) is 0 Å². The van der Waals surface area contributed by atoms with Gasteiger partial charge in [0.2, 0.25) is 5.89 Å². The third-order valence-corrected chi connectivity index (χ3v) is 6.55. The fourth-order valence-electron chi connectivity index (χ4n) is 4.42. The Labute approximate surface area is 225 Å². The molecule has 1 aliphatic rings. The predicted molar refractivity (Wildman–Crippen MR) is 141 cm³/mol. The smallest absolute Gasteiger partial charge is 0.411 e. The van der Waals surface area contributed by atoms with Crippen molar-refractivity contribution in [2.24, 2.45) is 0 Å². The predicted octanol–water partition coefficient (Wildman–Crippen LogP) is 5.12. The molecule has 1 unspecified atom stereocenters. The van der Waals surface area contributed by atoms with Gasteiger partial charge in [0.25, 0.3) is 0 Å². The molecule has 0 saturated heterocycles. The number of oxazole rings is 1. The van der Waals surface area contributed by atoms with Crippen molar-refractivity contribution < 1.29 is 33.3 Å². The normalized spacial score (nSPS) is 14.4. The van der Waals surface area contributed by atoms with Crippen molar-refractivity contribution in [1.82, 2.24) is 9.88 Å². The third-order valence-electron chi connectivity index (χ3n) is 6.55. The minimum absolute atomic E-state index is 0.0235. The number of fused-ring (bicyclic) bond motifs is 1. The molecule has 1 aliphatic heterocycles. The molecule has 0 spiro atoms. The number of methoxy groups -OCH3 is 1. The Bertz CT molecular complexity index is 1430. The van der Waals surface area contributed by atoms with Gasteiger partial charge in [-0.2, -0.15) is 0 Å². The number of ether oxygens (including phenoxy) is 3. The highest BCUT2D eigenvalue weighted by molar-refractivity contribution is 5.81. The number of nitrogens with zero attached hydrogens (tertiary/aromatic N) is 2. The van der Waals surface area contributed by atoms with Crippen LogP contribution in [0.1, 0.15) is 22.4 Å². The van der Waals surface area contributed by atoms with Gasteiger partial charge < -0.3 is 23.7 Å². The number of hydrogen-bond donors (Lipinski definition) is 1. The van der Waals surface area contributed by atoms with Crippen LogP contribution in [0.2, 0.25) is 0 Å². The number of benzene rings is 3. The van der Waals surface area contributed by atoms with Crippen LogP contribution in [0, 0.1) is 0 Å². The van der Waals surface area contributed by atoms with Gasteiger partial charge in [-0.15, -0.1) is 0 Å². The first-order valence-corrected chi connectivity index (χ1v) is 12.5. The molecule has 9 nitrogen and oxygen atoms in total. The summed E-state index contributed by atoms with van der Waals surface area (Å²) >= 11 is 0. The van der Waals surface area contributed by atoms with E-state index >= 15 is 0 Å². The molecule has 39 heavy (non-hydrogen) atoms. The van der Waals surface area contributed by atoms with Crippen LogP contribution in [0.3, 0.4) is 0 Å². The van der Waals surface area contributed by atoms with Crippen molar-refractivity contribution in [2.45, 2.75) is 32.0 Å². The molecule has 2 heterocycles. The first kappa shape index (κ1) is 25.8. The molecule has 5 rings (SSSR count). The Balaban J connectivity index is 1.20. The molecule has 0 saturated carbocycles. The van der Waals surface area contributed by atoms with Gasteiger partial charge >= 0.3 is 12.1 Å². The summed E-state index contributed by atoms with van der Waals surface area (Å²) in [6.07, 6.45) is 1.68. The summed E-state index contributed by atoms with van der Waals surface area (Å²) in [6.45, 7) is 0.509. The van der Waals surface area contributed by atoms with Gasteiger partial charge in [0, 0.05) is 18.4 Å². The van der Waals surface area contributed by atoms with Gasteiger partial charge in [0.1, 0.15) is 30.4 Å². The largest absolute Gasteiger partial charge is 0.497 e. The number of carboxylic acids is 1. The number of aromatic nitrogens is 1. The Morgan fingerprint density at radius 2 is 1.79 bits per heavy atom. The van der Waals surface area contributed by atoms with E-state index in [1.165, 1.54) is 4.90 Å². The van der Waals surface area contributed by atoms with E-state index in [4.69, 9.17) is 18.6 Å². The minimum atomic E-state index is -1.08. The molecule has 3 aromatic carbocycles. The molecule has 1 aromatic heterocycles. The molecular formula is C30H28N2O7. The Morgan fingerprint density at radius 1 is 1.03 bits per heavy atom. The summed E-state index contributed by atoms with van der Waals surface area (Å²) < 4.78 is 22.1. The SMILES string of the molecule is COc1ccc(COC(=O)N2Cc3cc(OCCc4coc(-c5ccccc5)n4)ccc3CC2C(=O)O)cc1. The van der Waals surface area contributed by atoms with Crippen LogP contribution < -0.4 is 9.47 Å². The van der Waals surface area contributed by atoms with Crippen molar-refractivity contribution >= 4 is 12.1 Å². The van der Waals surface area contributed by atoms with Crippen LogP contribution in [0.15, 0.2) is 83.5 Å². The lowest BCUT2D eigenvalue weighted by molar-refractivity contribution is -0.143. The molecule has 0 fully saturated rings. The van der Waals surface area contributed by atoms with Crippen LogP contribution >= 0.6 is 0 Å². The molecule has 1 atom stereocenters. The zero-order valence-corrected chi connectivity index (χ0v) is 21.4. The molecule has 0 aliphatic carbocycles.